The molecule has 8 aliphatic heterocycles. The minimum atomic E-state index is -2.05. The number of hydrogen-bond acceptors (Lipinski definition) is 40. The molecule has 8 saturated heterocycles. The lowest BCUT2D eigenvalue weighted by Crippen LogP contribution is -2.68. The highest BCUT2D eigenvalue weighted by Crippen LogP contribution is 2.38. The number of thioether (sulfide) groups is 1. The van der Waals surface area contributed by atoms with Gasteiger partial charge in [0.1, 0.15) is 158 Å². The largest absolute Gasteiger partial charge is 0.484 e. The fourth-order valence-corrected chi connectivity index (χ4v) is 16.7. The monoisotopic (exact) mass is 1780 g/mol. The average molecular weight is 1780 g/mol. The predicted octanol–water partition coefficient (Wildman–Crippen LogP) is -12.1. The molecule has 10 rings (SSSR count). The third kappa shape index (κ3) is 25.6. The van der Waals surface area contributed by atoms with E-state index >= 15 is 0 Å². The van der Waals surface area contributed by atoms with Gasteiger partial charge in [-0.1, -0.05) is 18.6 Å². The summed E-state index contributed by atoms with van der Waals surface area (Å²) in [6.45, 7) is -4.35. The van der Waals surface area contributed by atoms with E-state index in [0.29, 0.717) is 17.5 Å². The van der Waals surface area contributed by atoms with Gasteiger partial charge in [0.2, 0.25) is 17.7 Å². The number of carbonyl (C=O) groups is 7. The number of rotatable bonds is 42. The molecule has 123 heavy (non-hydrogen) atoms. The summed E-state index contributed by atoms with van der Waals surface area (Å²) in [6, 6.07) is 7.94. The van der Waals surface area contributed by atoms with E-state index in [2.05, 4.69) is 42.5 Å². The molecule has 0 spiro atoms. The van der Waals surface area contributed by atoms with Crippen LogP contribution in [-0.2, 0) is 80.8 Å². The topological polar surface area (TPSA) is 709 Å². The Bertz CT molecular complexity index is 3710. The Morgan fingerprint density at radius 1 is 0.423 bits per heavy atom. The van der Waals surface area contributed by atoms with Crippen LogP contribution >= 0.6 is 11.8 Å². The summed E-state index contributed by atoms with van der Waals surface area (Å²) in [6.07, 6.45) is -46.6. The number of nitrogens with one attached hydrogen (secondary N) is 8. The minimum absolute atomic E-state index is 0.0000709. The molecule has 2 aromatic rings. The number of unbranched alkanes of at least 4 members (excludes halogenated alkanes) is 1. The second-order valence-electron chi connectivity index (χ2n) is 30.6. The zero-order valence-electron chi connectivity index (χ0n) is 67.0. The Kier molecular flexibility index (Phi) is 37.5. The lowest BCUT2D eigenvalue weighted by molar-refractivity contribution is -0.376. The van der Waals surface area contributed by atoms with Gasteiger partial charge in [-0.25, -0.2) is 4.79 Å². The van der Waals surface area contributed by atoms with Gasteiger partial charge >= 0.3 is 6.03 Å². The molecule has 47 nitrogen and oxygen atoms in total. The van der Waals surface area contributed by atoms with Crippen LogP contribution in [0.3, 0.4) is 0 Å². The molecular weight excluding hydrogens is 1670 g/mol. The quantitative estimate of drug-likeness (QED) is 0.0217. The Morgan fingerprint density at radius 3 is 1.31 bits per heavy atom. The van der Waals surface area contributed by atoms with E-state index in [4.69, 9.17) is 66.3 Å². The summed E-state index contributed by atoms with van der Waals surface area (Å²) in [5.74, 6) is -2.23. The van der Waals surface area contributed by atoms with Crippen LogP contribution in [0.25, 0.3) is 11.1 Å². The van der Waals surface area contributed by atoms with E-state index in [-0.39, 0.29) is 105 Å². The molecular formula is C75H114N8O39S. The van der Waals surface area contributed by atoms with Gasteiger partial charge in [-0.2, -0.15) is 11.8 Å². The molecule has 0 radical (unpaired) electrons. The summed E-state index contributed by atoms with van der Waals surface area (Å²) in [4.78, 5) is 90.0. The van der Waals surface area contributed by atoms with Crippen LogP contribution in [0, 0.1) is 0 Å². The van der Waals surface area contributed by atoms with Gasteiger partial charge in [-0.05, 0) is 67.1 Å². The highest BCUT2D eigenvalue weighted by atomic mass is 32.2. The molecule has 8 aliphatic rings. The van der Waals surface area contributed by atoms with Crippen molar-refractivity contribution in [2.24, 2.45) is 0 Å². The maximum atomic E-state index is 13.9. The number of ether oxygens (including phenoxy) is 14. The lowest BCUT2D eigenvalue weighted by Gasteiger charge is -2.48. The van der Waals surface area contributed by atoms with Gasteiger partial charge in [0.05, 0.1) is 64.9 Å². The smallest absolute Gasteiger partial charge is 0.315 e. The van der Waals surface area contributed by atoms with Crippen LogP contribution in [0.1, 0.15) is 62.7 Å². The maximum absolute atomic E-state index is 13.9. The lowest BCUT2D eigenvalue weighted by atomic mass is 9.95. The predicted molar refractivity (Wildman–Crippen MR) is 411 cm³/mol. The molecule has 26 N–H and O–H groups in total. The Balaban J connectivity index is 0.700. The highest BCUT2D eigenvalue weighted by Gasteiger charge is 2.57. The number of benzene rings is 2. The van der Waals surface area contributed by atoms with E-state index in [1.807, 2.05) is 0 Å². The zero-order valence-corrected chi connectivity index (χ0v) is 67.8. The van der Waals surface area contributed by atoms with Gasteiger partial charge in [-0.15, -0.1) is 0 Å². The number of aliphatic hydroxyl groups excluding tert-OH is 18. The second-order valence-corrected chi connectivity index (χ2v) is 31.8. The maximum Gasteiger partial charge on any atom is 0.315 e. The molecule has 0 bridgehead atoms. The molecule has 2 aromatic carbocycles. The van der Waals surface area contributed by atoms with Crippen LogP contribution < -0.4 is 52.0 Å². The number of carbonyl (C=O) groups excluding carboxylic acids is 7. The number of amides is 8. The SMILES string of the molecule is CC(=O)N[C@H]1[C@H](OCCCNC(=O)COc2ccc(-c3cc(OCC(=O)NCCCO[C@@H]4O[C@H](CO)[C@@H](O[C@@H]5O[C@H](CO)[C@H](O)[C@H](O[C@H]6O[C@H](CO)[C@H](O)[C@H](O)[C@H]6O)[C@H]5O)[C@H](O)[C@H]4NC(C)=O)cc(C(=O)NCCNC(=O)CCCC[C@@H]4SC[C@@H]5NC(=O)N[C@@H]54)c3)cc2)O[C@H](CO)[C@@H](O[C@@H]2O[C@H](CO)[C@H](O)[C@H](O[C@H]3O[C@H](CO)[C@H](O)[C@H](O)[C@H]3O)[C@H]2O)[C@@H]1O. The molecule has 8 fully saturated rings. The fraction of sp³-hybridized carbons (Fsp3) is 0.747. The van der Waals surface area contributed by atoms with Gasteiger partial charge in [0, 0.05) is 63.0 Å². The summed E-state index contributed by atoms with van der Waals surface area (Å²) >= 11 is 1.78. The molecule has 0 unspecified atom stereocenters. The normalized spacial score (nSPS) is 36.8. The van der Waals surface area contributed by atoms with Crippen molar-refractivity contribution >= 4 is 53.2 Å². The van der Waals surface area contributed by atoms with E-state index in [9.17, 15) is 125 Å². The van der Waals surface area contributed by atoms with Crippen LogP contribution in [0.15, 0.2) is 42.5 Å². The first-order valence-electron chi connectivity index (χ1n) is 40.3. The Labute approximate surface area is 707 Å². The molecule has 8 amide bonds. The van der Waals surface area contributed by atoms with Gasteiger partial charge in [0.25, 0.3) is 17.7 Å². The van der Waals surface area contributed by atoms with Crippen LogP contribution in [0.5, 0.6) is 11.5 Å². The van der Waals surface area contributed by atoms with Gasteiger partial charge < -0.3 is 201 Å². The Morgan fingerprint density at radius 2 is 0.846 bits per heavy atom. The molecule has 48 heteroatoms. The molecule has 0 saturated carbocycles. The van der Waals surface area contributed by atoms with Crippen molar-refractivity contribution in [3.63, 3.8) is 0 Å². The highest BCUT2D eigenvalue weighted by molar-refractivity contribution is 8.00. The van der Waals surface area contributed by atoms with Crippen molar-refractivity contribution in [3.8, 4) is 22.6 Å². The number of aliphatic hydroxyl groups is 18. The van der Waals surface area contributed by atoms with Crippen LogP contribution in [-0.4, -0.2) is 433 Å². The average Bonchev–Trinajstić information content (AvgIpc) is 1.09. The summed E-state index contributed by atoms with van der Waals surface area (Å²) in [5.41, 5.74) is 1.03. The molecule has 694 valence electrons. The first-order chi connectivity index (χ1) is 58.9. The van der Waals surface area contributed by atoms with E-state index in [1.54, 1.807) is 48.2 Å². The van der Waals surface area contributed by atoms with Crippen LogP contribution in [0.4, 0.5) is 4.79 Å². The number of fused-ring (bicyclic) bond motifs is 1. The molecule has 0 aliphatic carbocycles. The summed E-state index contributed by atoms with van der Waals surface area (Å²) in [7, 11) is 0. The zero-order chi connectivity index (χ0) is 89.0. The number of urea groups is 1. The molecule has 8 heterocycles. The van der Waals surface area contributed by atoms with Crippen molar-refractivity contribution in [2.75, 3.05) is 98.0 Å². The third-order valence-electron chi connectivity index (χ3n) is 21.7. The first-order valence-corrected chi connectivity index (χ1v) is 41.4. The van der Waals surface area contributed by atoms with Crippen molar-refractivity contribution in [1.29, 1.82) is 0 Å². The Hall–Kier alpha value is -6.72. The fourth-order valence-electron chi connectivity index (χ4n) is 15.1. The van der Waals surface area contributed by atoms with Crippen molar-refractivity contribution < 1.29 is 192 Å². The van der Waals surface area contributed by atoms with Gasteiger partial charge in [-0.3, -0.25) is 28.8 Å². The number of hydrogen-bond donors (Lipinski definition) is 26. The summed E-state index contributed by atoms with van der Waals surface area (Å²) < 4.78 is 80.5. The van der Waals surface area contributed by atoms with Crippen molar-refractivity contribution in [2.45, 2.75) is 254 Å². The van der Waals surface area contributed by atoms with Crippen molar-refractivity contribution in [1.82, 2.24) is 42.5 Å². The second kappa shape index (κ2) is 46.8. The first kappa shape index (κ1) is 98.5. The van der Waals surface area contributed by atoms with Gasteiger partial charge in [0.15, 0.2) is 51.0 Å². The van der Waals surface area contributed by atoms with E-state index in [1.165, 1.54) is 6.07 Å². The standard InChI is InChI=1S/C75H114N8O39S/c1-31(90)80-50-56(99)64(119-73-62(105)66(54(97)41(24-86)115-73)121-71-60(103)58(101)52(95)39(22-84)113-71)43(26-88)117-69(50)109-17-5-13-76-47(93)28-111-36-11-9-33(10-12-36)34-19-35(68(107)79-16-15-78-46(92)8-4-3-7-45-49-38(30-123-45)82-75(108)83-49)21-37(20-34)112-29-48(94)77-14-6-18-110-70-51(81-32(2)91)57(100)65(44(27-89)118-70)120-74-63(106)67(55(98)42(25-87)116-74)122-72-61(104)59(102)53(96)40(23-85)114-72/h9-12,19-21,38-45,49-67,69-74,84-89,95-106H,3-8,13-18,22-30H2,1-2H3,(H,76,93)(H,77,94)(H,78,92)(H,79,107)(H,80,90)(H,81,91)(H2,82,83,108)/t38-,39+,40+,41+,42+,43+,44+,45-,49-,50+,51+,52-,53-,54-,55-,56+,57+,58-,59-,60+,61+,62+,63+,64+,65+,66-,67-,69+,70+,71+,72+,73-,74-/m0/s1. The summed E-state index contributed by atoms with van der Waals surface area (Å²) in [5, 5.41) is 213. The minimum Gasteiger partial charge on any atom is -0.484 e. The van der Waals surface area contributed by atoms with E-state index in [0.717, 1.165) is 32.4 Å². The van der Waals surface area contributed by atoms with Crippen molar-refractivity contribution in [3.05, 3.63) is 48.0 Å². The van der Waals surface area contributed by atoms with E-state index < -0.39 is 267 Å². The van der Waals surface area contributed by atoms with Crippen LogP contribution in [0.2, 0.25) is 0 Å². The molecule has 33 atom stereocenters. The third-order valence-corrected chi connectivity index (χ3v) is 23.2. The molecule has 0 aromatic heterocycles.